The molecule has 4 rings (SSSR count). The van der Waals surface area contributed by atoms with E-state index in [1.165, 1.54) is 18.2 Å². The number of ether oxygens (including phenoxy) is 1. The van der Waals surface area contributed by atoms with Crippen molar-refractivity contribution in [3.8, 4) is 0 Å². The van der Waals surface area contributed by atoms with Crippen LogP contribution in [0.25, 0.3) is 0 Å². The normalized spacial score (nSPS) is 20.7. The fourth-order valence-electron chi connectivity index (χ4n) is 5.20. The van der Waals surface area contributed by atoms with Gasteiger partial charge in [0.1, 0.15) is 12.6 Å². The fraction of sp³-hybridized carbons (Fsp3) is 0.500. The number of amides is 2. The molecule has 1 N–H and O–H groups in total. The van der Waals surface area contributed by atoms with Crippen LogP contribution in [0.5, 0.6) is 0 Å². The summed E-state index contributed by atoms with van der Waals surface area (Å²) >= 11 is 0. The SMILES string of the molecule is COCC(=O)N1CC(N(CCc2ccccc2)Cc2ccccc2)CC1C(=O)N1CCCNCC1. The van der Waals surface area contributed by atoms with Gasteiger partial charge in [0.2, 0.25) is 11.8 Å². The van der Waals surface area contributed by atoms with E-state index in [2.05, 4.69) is 58.7 Å². The summed E-state index contributed by atoms with van der Waals surface area (Å²) in [5, 5.41) is 3.36. The molecule has 2 saturated heterocycles. The lowest BCUT2D eigenvalue weighted by atomic mass is 10.1. The van der Waals surface area contributed by atoms with Gasteiger partial charge in [0.25, 0.3) is 0 Å². The van der Waals surface area contributed by atoms with Crippen molar-refractivity contribution in [2.24, 2.45) is 0 Å². The summed E-state index contributed by atoms with van der Waals surface area (Å²) in [4.78, 5) is 32.8. The maximum absolute atomic E-state index is 13.6. The minimum Gasteiger partial charge on any atom is -0.375 e. The summed E-state index contributed by atoms with van der Waals surface area (Å²) < 4.78 is 5.17. The number of rotatable bonds is 9. The van der Waals surface area contributed by atoms with E-state index in [9.17, 15) is 9.59 Å². The highest BCUT2D eigenvalue weighted by Crippen LogP contribution is 2.26. The maximum Gasteiger partial charge on any atom is 0.249 e. The Labute approximate surface area is 209 Å². The van der Waals surface area contributed by atoms with Gasteiger partial charge in [0.05, 0.1) is 0 Å². The quantitative estimate of drug-likeness (QED) is 0.599. The Morgan fingerprint density at radius 1 is 1.00 bits per heavy atom. The summed E-state index contributed by atoms with van der Waals surface area (Å²) in [7, 11) is 1.53. The summed E-state index contributed by atoms with van der Waals surface area (Å²) in [5.41, 5.74) is 2.53. The molecule has 7 nitrogen and oxygen atoms in total. The highest BCUT2D eigenvalue weighted by Gasteiger charge is 2.43. The van der Waals surface area contributed by atoms with Crippen molar-refractivity contribution in [3.05, 3.63) is 71.8 Å². The molecule has 0 radical (unpaired) electrons. The van der Waals surface area contributed by atoms with Crippen LogP contribution in [0.1, 0.15) is 24.0 Å². The highest BCUT2D eigenvalue weighted by atomic mass is 16.5. The lowest BCUT2D eigenvalue weighted by Gasteiger charge is -2.29. The molecule has 2 amide bonds. The number of hydrogen-bond acceptors (Lipinski definition) is 5. The second-order valence-corrected chi connectivity index (χ2v) is 9.50. The van der Waals surface area contributed by atoms with Crippen LogP contribution in [0.15, 0.2) is 60.7 Å². The van der Waals surface area contributed by atoms with Gasteiger partial charge in [-0.15, -0.1) is 0 Å². The Balaban J connectivity index is 1.53. The first-order valence-electron chi connectivity index (χ1n) is 12.8. The topological polar surface area (TPSA) is 65.1 Å². The van der Waals surface area contributed by atoms with E-state index in [0.717, 1.165) is 45.6 Å². The van der Waals surface area contributed by atoms with Crippen LogP contribution in [0.2, 0.25) is 0 Å². The zero-order valence-corrected chi connectivity index (χ0v) is 20.8. The number of carbonyl (C=O) groups is 2. The van der Waals surface area contributed by atoms with Crippen LogP contribution < -0.4 is 5.32 Å². The Hall–Kier alpha value is -2.74. The number of nitrogens with one attached hydrogen (secondary N) is 1. The zero-order valence-electron chi connectivity index (χ0n) is 20.8. The van der Waals surface area contributed by atoms with Gasteiger partial charge in [-0.2, -0.15) is 0 Å². The van der Waals surface area contributed by atoms with Crippen LogP contribution in [-0.4, -0.2) is 91.6 Å². The monoisotopic (exact) mass is 478 g/mol. The Morgan fingerprint density at radius 3 is 2.43 bits per heavy atom. The van der Waals surface area contributed by atoms with Gasteiger partial charge in [0, 0.05) is 52.4 Å². The minimum absolute atomic E-state index is 0.000750. The molecule has 2 fully saturated rings. The first-order valence-corrected chi connectivity index (χ1v) is 12.8. The Morgan fingerprint density at radius 2 is 1.71 bits per heavy atom. The van der Waals surface area contributed by atoms with Crippen LogP contribution >= 0.6 is 0 Å². The summed E-state index contributed by atoms with van der Waals surface area (Å²) in [6, 6.07) is 20.6. The van der Waals surface area contributed by atoms with Gasteiger partial charge in [0.15, 0.2) is 0 Å². The number of hydrogen-bond donors (Lipinski definition) is 1. The van der Waals surface area contributed by atoms with Gasteiger partial charge in [-0.05, 0) is 36.9 Å². The van der Waals surface area contributed by atoms with Crippen molar-refractivity contribution in [1.82, 2.24) is 20.0 Å². The molecule has 0 bridgehead atoms. The number of methoxy groups -OCH3 is 1. The third kappa shape index (κ3) is 6.90. The van der Waals surface area contributed by atoms with E-state index in [-0.39, 0.29) is 24.5 Å². The van der Waals surface area contributed by atoms with Crippen molar-refractivity contribution in [3.63, 3.8) is 0 Å². The highest BCUT2D eigenvalue weighted by molar-refractivity contribution is 5.89. The third-order valence-corrected chi connectivity index (χ3v) is 7.08. The second-order valence-electron chi connectivity index (χ2n) is 9.50. The minimum atomic E-state index is -0.434. The average Bonchev–Trinajstić information content (AvgIpc) is 3.15. The van der Waals surface area contributed by atoms with E-state index >= 15 is 0 Å². The van der Waals surface area contributed by atoms with E-state index < -0.39 is 6.04 Å². The second kappa shape index (κ2) is 12.8. The van der Waals surface area contributed by atoms with Crippen molar-refractivity contribution in [2.45, 2.75) is 37.9 Å². The van der Waals surface area contributed by atoms with Crippen molar-refractivity contribution < 1.29 is 14.3 Å². The molecule has 188 valence electrons. The summed E-state index contributed by atoms with van der Waals surface area (Å²) in [5.74, 6) is -0.0348. The van der Waals surface area contributed by atoms with Crippen LogP contribution in [0.4, 0.5) is 0 Å². The van der Waals surface area contributed by atoms with E-state index in [1.807, 2.05) is 17.0 Å². The molecule has 2 heterocycles. The van der Waals surface area contributed by atoms with Gasteiger partial charge >= 0.3 is 0 Å². The number of nitrogens with zero attached hydrogens (tertiary/aromatic N) is 3. The molecular formula is C28H38N4O3. The van der Waals surface area contributed by atoms with Crippen LogP contribution in [0, 0.1) is 0 Å². The molecule has 0 aromatic heterocycles. The molecule has 0 saturated carbocycles. The molecule has 0 aliphatic carbocycles. The predicted octanol–water partition coefficient (Wildman–Crippen LogP) is 2.17. The Bertz CT molecular complexity index is 932. The molecule has 2 aromatic carbocycles. The molecular weight excluding hydrogens is 440 g/mol. The number of carbonyl (C=O) groups excluding carboxylic acids is 2. The van der Waals surface area contributed by atoms with Gasteiger partial charge in [-0.1, -0.05) is 60.7 Å². The third-order valence-electron chi connectivity index (χ3n) is 7.08. The lowest BCUT2D eigenvalue weighted by molar-refractivity contribution is -0.145. The number of benzene rings is 2. The lowest BCUT2D eigenvalue weighted by Crippen LogP contribution is -2.49. The standard InChI is InChI=1S/C28H38N4O3/c1-35-22-27(33)32-21-25(19-26(32)28(34)30-16-8-14-29-15-18-30)31(20-24-11-6-3-7-12-24)17-13-23-9-4-2-5-10-23/h2-7,9-12,25-26,29H,8,13-22H2,1H3. The average molecular weight is 479 g/mol. The first-order chi connectivity index (χ1) is 17.2. The largest absolute Gasteiger partial charge is 0.375 e. The number of likely N-dealkylation sites (tertiary alicyclic amines) is 1. The smallest absolute Gasteiger partial charge is 0.249 e. The molecule has 7 heteroatoms. The molecule has 0 spiro atoms. The van der Waals surface area contributed by atoms with E-state index in [4.69, 9.17) is 4.74 Å². The molecule has 2 atom stereocenters. The van der Waals surface area contributed by atoms with Crippen molar-refractivity contribution in [2.75, 3.05) is 53.0 Å². The summed E-state index contributed by atoms with van der Waals surface area (Å²) in [6.07, 6.45) is 2.51. The molecule has 2 aromatic rings. The molecule has 35 heavy (non-hydrogen) atoms. The van der Waals surface area contributed by atoms with Crippen LogP contribution in [0.3, 0.4) is 0 Å². The predicted molar refractivity (Wildman–Crippen MR) is 137 cm³/mol. The van der Waals surface area contributed by atoms with Gasteiger partial charge in [-0.25, -0.2) is 0 Å². The van der Waals surface area contributed by atoms with E-state index in [1.54, 1.807) is 4.90 Å². The molecule has 2 unspecified atom stereocenters. The summed E-state index contributed by atoms with van der Waals surface area (Å²) in [6.45, 7) is 5.35. The molecule has 2 aliphatic heterocycles. The Kier molecular flexibility index (Phi) is 9.28. The van der Waals surface area contributed by atoms with E-state index in [0.29, 0.717) is 19.5 Å². The van der Waals surface area contributed by atoms with Crippen molar-refractivity contribution in [1.29, 1.82) is 0 Å². The molecule has 2 aliphatic rings. The maximum atomic E-state index is 13.6. The fourth-order valence-corrected chi connectivity index (χ4v) is 5.20. The van der Waals surface area contributed by atoms with Gasteiger partial charge in [-0.3, -0.25) is 14.5 Å². The van der Waals surface area contributed by atoms with Crippen LogP contribution in [-0.2, 0) is 27.3 Å². The first kappa shape index (κ1) is 25.4. The zero-order chi connectivity index (χ0) is 24.5. The van der Waals surface area contributed by atoms with Gasteiger partial charge < -0.3 is 19.9 Å². The van der Waals surface area contributed by atoms with Crippen molar-refractivity contribution >= 4 is 11.8 Å².